The molecule has 36 heavy (non-hydrogen) atoms. The van der Waals surface area contributed by atoms with Gasteiger partial charge in [0.1, 0.15) is 0 Å². The molecule has 1 aliphatic carbocycles. The molecule has 0 fully saturated rings. The van der Waals surface area contributed by atoms with Crippen molar-refractivity contribution in [2.75, 3.05) is 0 Å². The lowest BCUT2D eigenvalue weighted by Gasteiger charge is -2.18. The van der Waals surface area contributed by atoms with E-state index in [9.17, 15) is 9.59 Å². The minimum atomic E-state index is 0.0312. The fraction of sp³-hybridized carbons (Fsp3) is 0.706. The van der Waals surface area contributed by atoms with Crippen molar-refractivity contribution in [3.05, 3.63) is 46.5 Å². The number of carbonyl (C=O) groups excluding carboxylic acids is 2. The van der Waals surface area contributed by atoms with Crippen LogP contribution in [-0.2, 0) is 0 Å². The van der Waals surface area contributed by atoms with Crippen LogP contribution in [0.5, 0.6) is 0 Å². The summed E-state index contributed by atoms with van der Waals surface area (Å²) in [4.78, 5) is 25.4. The Balaban J connectivity index is 1.36. The van der Waals surface area contributed by atoms with Gasteiger partial charge < -0.3 is 0 Å². The molecule has 0 aromatic heterocycles. The first kappa shape index (κ1) is 30.5. The Kier molecular flexibility index (Phi) is 16.5. The van der Waals surface area contributed by atoms with Gasteiger partial charge in [-0.05, 0) is 19.8 Å². The Morgan fingerprint density at radius 3 is 1.19 bits per heavy atom. The normalized spacial score (nSPS) is 13.5. The Morgan fingerprint density at radius 1 is 0.472 bits per heavy atom. The molecule has 2 heteroatoms. The van der Waals surface area contributed by atoms with Crippen molar-refractivity contribution in [1.29, 1.82) is 0 Å². The minimum absolute atomic E-state index is 0.0312. The van der Waals surface area contributed by atoms with Gasteiger partial charge >= 0.3 is 0 Å². The molecule has 0 aliphatic heterocycles. The van der Waals surface area contributed by atoms with Gasteiger partial charge in [0.05, 0.1) is 0 Å². The summed E-state index contributed by atoms with van der Waals surface area (Å²) in [6, 6.07) is 7.25. The molecule has 0 radical (unpaired) electrons. The predicted molar refractivity (Wildman–Crippen MR) is 155 cm³/mol. The van der Waals surface area contributed by atoms with Gasteiger partial charge in [-0.25, -0.2) is 0 Å². The number of benzene rings is 1. The van der Waals surface area contributed by atoms with Gasteiger partial charge in [0.15, 0.2) is 11.6 Å². The molecule has 2 nitrogen and oxygen atoms in total. The van der Waals surface area contributed by atoms with Crippen LogP contribution in [0.2, 0.25) is 0 Å². The maximum absolute atomic E-state index is 12.8. The summed E-state index contributed by atoms with van der Waals surface area (Å²) >= 11 is 0. The number of hydrogen-bond donors (Lipinski definition) is 0. The van der Waals surface area contributed by atoms with E-state index in [1.165, 1.54) is 122 Å². The average Bonchev–Trinajstić information content (AvgIpc) is 2.90. The third kappa shape index (κ3) is 11.6. The van der Waals surface area contributed by atoms with E-state index in [0.717, 1.165) is 24.8 Å². The molecular weight excluding hydrogens is 440 g/mol. The number of unbranched alkanes of at least 4 members (excludes halogenated alkanes) is 20. The fourth-order valence-electron chi connectivity index (χ4n) is 5.59. The molecule has 202 valence electrons. The Morgan fingerprint density at radius 2 is 0.806 bits per heavy atom. The van der Waals surface area contributed by atoms with Crippen molar-refractivity contribution >= 4 is 11.6 Å². The van der Waals surface area contributed by atoms with Crippen LogP contribution in [0.4, 0.5) is 0 Å². The zero-order chi connectivity index (χ0) is 25.8. The number of Topliss-reactive ketones (excluding diaryl/α,β-unsaturated/α-hetero) is 2. The second kappa shape index (κ2) is 19.4. The number of hydrogen-bond acceptors (Lipinski definition) is 2. The van der Waals surface area contributed by atoms with Crippen molar-refractivity contribution in [3.63, 3.8) is 0 Å². The zero-order valence-electron chi connectivity index (χ0n) is 23.7. The van der Waals surface area contributed by atoms with Crippen molar-refractivity contribution in [2.45, 2.75) is 155 Å². The molecule has 0 spiro atoms. The first-order valence-corrected chi connectivity index (χ1v) is 15.5. The van der Waals surface area contributed by atoms with Gasteiger partial charge in [0.25, 0.3) is 0 Å². The first-order valence-electron chi connectivity index (χ1n) is 15.5. The second-order valence-corrected chi connectivity index (χ2v) is 11.1. The van der Waals surface area contributed by atoms with Crippen molar-refractivity contribution in [1.82, 2.24) is 0 Å². The molecule has 1 aliphatic rings. The summed E-state index contributed by atoms with van der Waals surface area (Å²) in [5, 5.41) is 0. The Bertz CT molecular complexity index is 788. The highest BCUT2D eigenvalue weighted by molar-refractivity contribution is 6.26. The van der Waals surface area contributed by atoms with E-state index in [1.807, 2.05) is 19.1 Å². The monoisotopic (exact) mass is 494 g/mol. The van der Waals surface area contributed by atoms with Gasteiger partial charge in [0.2, 0.25) is 0 Å². The number of ketones is 2. The van der Waals surface area contributed by atoms with Gasteiger partial charge in [-0.2, -0.15) is 0 Å². The summed E-state index contributed by atoms with van der Waals surface area (Å²) in [7, 11) is 0. The van der Waals surface area contributed by atoms with E-state index >= 15 is 0 Å². The maximum Gasteiger partial charge on any atom is 0.190 e. The lowest BCUT2D eigenvalue weighted by Crippen LogP contribution is -2.20. The van der Waals surface area contributed by atoms with E-state index in [4.69, 9.17) is 0 Å². The van der Waals surface area contributed by atoms with Crippen molar-refractivity contribution in [3.8, 4) is 0 Å². The summed E-state index contributed by atoms with van der Waals surface area (Å²) in [5.74, 6) is 0.0968. The third-order valence-corrected chi connectivity index (χ3v) is 8.01. The molecule has 2 rings (SSSR count). The maximum atomic E-state index is 12.8. The number of allylic oxidation sites excluding steroid dienone is 2. The molecule has 0 heterocycles. The largest absolute Gasteiger partial charge is 0.289 e. The number of rotatable bonds is 22. The fourth-order valence-corrected chi connectivity index (χ4v) is 5.59. The van der Waals surface area contributed by atoms with Crippen molar-refractivity contribution in [2.24, 2.45) is 0 Å². The zero-order valence-corrected chi connectivity index (χ0v) is 23.7. The molecule has 0 bridgehead atoms. The third-order valence-electron chi connectivity index (χ3n) is 8.01. The average molecular weight is 495 g/mol. The molecule has 0 atom stereocenters. The van der Waals surface area contributed by atoms with E-state index < -0.39 is 0 Å². The molecule has 0 saturated heterocycles. The van der Waals surface area contributed by atoms with Crippen LogP contribution >= 0.6 is 0 Å². The van der Waals surface area contributed by atoms with Crippen LogP contribution in [-0.4, -0.2) is 11.6 Å². The molecule has 0 amide bonds. The molecule has 1 aromatic rings. The van der Waals surface area contributed by atoms with Crippen LogP contribution in [0.25, 0.3) is 0 Å². The highest BCUT2D eigenvalue weighted by Gasteiger charge is 2.28. The topological polar surface area (TPSA) is 34.1 Å². The quantitative estimate of drug-likeness (QED) is 0.150. The van der Waals surface area contributed by atoms with Crippen LogP contribution in [0.3, 0.4) is 0 Å². The Labute approximate surface area is 222 Å². The van der Waals surface area contributed by atoms with Crippen LogP contribution in [0, 0.1) is 0 Å². The van der Waals surface area contributed by atoms with E-state index in [0.29, 0.717) is 16.7 Å². The van der Waals surface area contributed by atoms with Crippen LogP contribution < -0.4 is 0 Å². The van der Waals surface area contributed by atoms with Gasteiger partial charge in [0, 0.05) is 22.3 Å². The Hall–Kier alpha value is -1.70. The van der Waals surface area contributed by atoms with Gasteiger partial charge in [-0.1, -0.05) is 160 Å². The number of fused-ring (bicyclic) bond motifs is 1. The highest BCUT2D eigenvalue weighted by Crippen LogP contribution is 2.29. The summed E-state index contributed by atoms with van der Waals surface area (Å²) in [6.07, 6.45) is 29.6. The van der Waals surface area contributed by atoms with Crippen LogP contribution in [0.1, 0.15) is 176 Å². The summed E-state index contributed by atoms with van der Waals surface area (Å²) in [5.41, 5.74) is 2.57. The summed E-state index contributed by atoms with van der Waals surface area (Å²) < 4.78 is 0. The first-order chi connectivity index (χ1) is 17.7. The van der Waals surface area contributed by atoms with E-state index in [-0.39, 0.29) is 11.6 Å². The molecule has 0 saturated carbocycles. The minimum Gasteiger partial charge on any atom is -0.289 e. The van der Waals surface area contributed by atoms with Gasteiger partial charge in [-0.15, -0.1) is 0 Å². The predicted octanol–water partition coefficient (Wildman–Crippen LogP) is 11.0. The standard InChI is InChI=1S/C34H54O2/c1-3-4-5-6-7-8-9-10-11-12-13-14-15-16-17-18-19-20-21-22-23-26-30-29(2)33(35)31-27-24-25-28-32(31)34(30)36/h24-25,27-28H,3-23,26H2,1-2H3. The van der Waals surface area contributed by atoms with E-state index in [2.05, 4.69) is 6.92 Å². The molecule has 1 aromatic carbocycles. The summed E-state index contributed by atoms with van der Waals surface area (Å²) in [6.45, 7) is 4.11. The second-order valence-electron chi connectivity index (χ2n) is 11.1. The number of carbonyl (C=O) groups is 2. The highest BCUT2D eigenvalue weighted by atomic mass is 16.1. The lowest BCUT2D eigenvalue weighted by molar-refractivity contribution is 0.0971. The molecule has 0 N–H and O–H groups in total. The SMILES string of the molecule is CCCCCCCCCCCCCCCCCCCCCCCC1=C(C)C(=O)c2ccccc2C1=O. The molecule has 0 unspecified atom stereocenters. The smallest absolute Gasteiger partial charge is 0.190 e. The lowest BCUT2D eigenvalue weighted by atomic mass is 9.82. The molecular formula is C34H54O2. The van der Waals surface area contributed by atoms with Crippen molar-refractivity contribution < 1.29 is 9.59 Å². The van der Waals surface area contributed by atoms with E-state index in [1.54, 1.807) is 12.1 Å². The van der Waals surface area contributed by atoms with Gasteiger partial charge in [-0.3, -0.25) is 9.59 Å². The van der Waals surface area contributed by atoms with Crippen LogP contribution in [0.15, 0.2) is 35.4 Å².